The van der Waals surface area contributed by atoms with E-state index in [4.69, 9.17) is 0 Å². The largest absolute Gasteiger partial charge is 0.462 e. The average molecular weight is 312 g/mol. The number of nitrogens with zero attached hydrogens (tertiary/aromatic N) is 1. The molecule has 98 valence electrons. The normalized spacial score (nSPS) is 10.7. The van der Waals surface area contributed by atoms with Gasteiger partial charge in [-0.05, 0) is 44.4 Å². The second kappa shape index (κ2) is 6.05. The minimum atomic E-state index is -0.318. The van der Waals surface area contributed by atoms with Crippen LogP contribution < -0.4 is 0 Å². The highest BCUT2D eigenvalue weighted by Gasteiger charge is 2.07. The maximum Gasteiger partial charge on any atom is 0.293 e. The molecule has 0 aliphatic carbocycles. The SMILES string of the molecule is CC(C)(C)OC=O.Cn1ccc2ccc(Br)cc21. The van der Waals surface area contributed by atoms with Crippen molar-refractivity contribution in [2.24, 2.45) is 7.05 Å². The van der Waals surface area contributed by atoms with Crippen molar-refractivity contribution in [2.45, 2.75) is 26.4 Å². The molecule has 0 amide bonds. The highest BCUT2D eigenvalue weighted by molar-refractivity contribution is 9.10. The number of carbonyl (C=O) groups is 1. The number of hydrogen-bond donors (Lipinski definition) is 0. The first kappa shape index (κ1) is 14.8. The Bertz CT molecular complexity index is 526. The Balaban J connectivity index is 0.000000203. The molecule has 1 heterocycles. The van der Waals surface area contributed by atoms with E-state index in [-0.39, 0.29) is 5.60 Å². The van der Waals surface area contributed by atoms with E-state index in [1.807, 2.05) is 20.8 Å². The van der Waals surface area contributed by atoms with Crippen molar-refractivity contribution in [1.29, 1.82) is 0 Å². The third-order valence-corrected chi connectivity index (χ3v) is 2.75. The smallest absolute Gasteiger partial charge is 0.293 e. The highest BCUT2D eigenvalue weighted by atomic mass is 79.9. The maximum absolute atomic E-state index is 9.60. The van der Waals surface area contributed by atoms with Gasteiger partial charge in [0.2, 0.25) is 0 Å². The van der Waals surface area contributed by atoms with E-state index in [0.717, 1.165) is 4.47 Å². The molecule has 0 bridgehead atoms. The molecule has 0 saturated heterocycles. The monoisotopic (exact) mass is 311 g/mol. The zero-order chi connectivity index (χ0) is 13.8. The van der Waals surface area contributed by atoms with E-state index in [9.17, 15) is 4.79 Å². The van der Waals surface area contributed by atoms with Gasteiger partial charge >= 0.3 is 0 Å². The molecule has 0 unspecified atom stereocenters. The lowest BCUT2D eigenvalue weighted by Gasteiger charge is -2.14. The third-order valence-electron chi connectivity index (χ3n) is 2.25. The number of rotatable bonds is 1. The fourth-order valence-corrected chi connectivity index (χ4v) is 1.73. The summed E-state index contributed by atoms with van der Waals surface area (Å²) in [5.41, 5.74) is 0.946. The molecule has 3 nitrogen and oxygen atoms in total. The number of aryl methyl sites for hydroxylation is 1. The van der Waals surface area contributed by atoms with Gasteiger partial charge in [-0.1, -0.05) is 22.0 Å². The first-order valence-electron chi connectivity index (χ1n) is 5.65. The summed E-state index contributed by atoms with van der Waals surface area (Å²) in [6, 6.07) is 8.40. The molecule has 0 aliphatic rings. The summed E-state index contributed by atoms with van der Waals surface area (Å²) in [6.07, 6.45) is 2.07. The molecule has 4 heteroatoms. The molecule has 1 aromatic carbocycles. The minimum Gasteiger partial charge on any atom is -0.462 e. The number of hydrogen-bond acceptors (Lipinski definition) is 2. The van der Waals surface area contributed by atoms with Crippen LogP contribution >= 0.6 is 15.9 Å². The van der Waals surface area contributed by atoms with E-state index in [2.05, 4.69) is 62.7 Å². The summed E-state index contributed by atoms with van der Waals surface area (Å²) in [6.45, 7) is 5.92. The second-order valence-electron chi connectivity index (χ2n) is 4.96. The fraction of sp³-hybridized carbons (Fsp3) is 0.357. The van der Waals surface area contributed by atoms with E-state index in [1.165, 1.54) is 10.9 Å². The van der Waals surface area contributed by atoms with Gasteiger partial charge in [0.25, 0.3) is 6.47 Å². The number of fused-ring (bicyclic) bond motifs is 1. The van der Waals surface area contributed by atoms with E-state index in [0.29, 0.717) is 6.47 Å². The van der Waals surface area contributed by atoms with Crippen LogP contribution in [0.1, 0.15) is 20.8 Å². The van der Waals surface area contributed by atoms with Crippen molar-refractivity contribution >= 4 is 33.3 Å². The van der Waals surface area contributed by atoms with Gasteiger partial charge in [-0.25, -0.2) is 0 Å². The Morgan fingerprint density at radius 3 is 2.44 bits per heavy atom. The quantitative estimate of drug-likeness (QED) is 0.748. The summed E-state index contributed by atoms with van der Waals surface area (Å²) in [7, 11) is 2.05. The number of aromatic nitrogens is 1. The van der Waals surface area contributed by atoms with E-state index in [1.54, 1.807) is 0 Å². The predicted octanol–water partition coefficient (Wildman–Crippen LogP) is 3.90. The van der Waals surface area contributed by atoms with Crippen molar-refractivity contribution in [3.05, 3.63) is 34.9 Å². The van der Waals surface area contributed by atoms with Gasteiger partial charge < -0.3 is 9.30 Å². The van der Waals surface area contributed by atoms with Gasteiger partial charge in [0.1, 0.15) is 5.60 Å². The van der Waals surface area contributed by atoms with Gasteiger partial charge in [0.15, 0.2) is 0 Å². The minimum absolute atomic E-state index is 0.318. The van der Waals surface area contributed by atoms with E-state index >= 15 is 0 Å². The van der Waals surface area contributed by atoms with Crippen molar-refractivity contribution in [1.82, 2.24) is 4.57 Å². The summed E-state index contributed by atoms with van der Waals surface area (Å²) in [5.74, 6) is 0. The Labute approximate surface area is 116 Å². The van der Waals surface area contributed by atoms with Crippen LogP contribution in [0.15, 0.2) is 34.9 Å². The molecule has 0 fully saturated rings. The standard InChI is InChI=1S/C9H8BrN.C5H10O2/c1-11-5-4-7-2-3-8(10)6-9(7)11;1-5(2,3)7-4-6/h2-6H,1H3;4H,1-3H3. The average Bonchev–Trinajstić information content (AvgIpc) is 2.59. The lowest BCUT2D eigenvalue weighted by Crippen LogP contribution is -2.17. The van der Waals surface area contributed by atoms with E-state index < -0.39 is 0 Å². The van der Waals surface area contributed by atoms with Gasteiger partial charge in [-0.2, -0.15) is 0 Å². The molecular formula is C14H18BrNO2. The molecule has 1 aromatic heterocycles. The van der Waals surface area contributed by atoms with Crippen molar-refractivity contribution in [3.63, 3.8) is 0 Å². The first-order chi connectivity index (χ1) is 8.33. The molecule has 0 spiro atoms. The van der Waals surface area contributed by atoms with Gasteiger partial charge in [0, 0.05) is 23.2 Å². The lowest BCUT2D eigenvalue weighted by atomic mass is 10.2. The van der Waals surface area contributed by atoms with Gasteiger partial charge in [-0.15, -0.1) is 0 Å². The van der Waals surface area contributed by atoms with Crippen LogP contribution in [0, 0.1) is 0 Å². The summed E-state index contributed by atoms with van der Waals surface area (Å²) in [4.78, 5) is 9.60. The molecule has 18 heavy (non-hydrogen) atoms. The lowest BCUT2D eigenvalue weighted by molar-refractivity contribution is -0.138. The predicted molar refractivity (Wildman–Crippen MR) is 77.5 cm³/mol. The van der Waals surface area contributed by atoms with Crippen LogP contribution in [0.2, 0.25) is 0 Å². The van der Waals surface area contributed by atoms with Crippen LogP contribution in [-0.2, 0) is 16.6 Å². The summed E-state index contributed by atoms with van der Waals surface area (Å²) >= 11 is 3.44. The second-order valence-corrected chi connectivity index (χ2v) is 5.87. The maximum atomic E-state index is 9.60. The first-order valence-corrected chi connectivity index (χ1v) is 6.45. The zero-order valence-corrected chi connectivity index (χ0v) is 12.7. The van der Waals surface area contributed by atoms with Gasteiger partial charge in [0.05, 0.1) is 0 Å². The Morgan fingerprint density at radius 1 is 1.28 bits per heavy atom. The molecule has 0 aliphatic heterocycles. The highest BCUT2D eigenvalue weighted by Crippen LogP contribution is 2.19. The van der Waals surface area contributed by atoms with Crippen LogP contribution in [-0.4, -0.2) is 16.6 Å². The summed E-state index contributed by atoms with van der Waals surface area (Å²) in [5, 5.41) is 1.29. The number of halogens is 1. The van der Waals surface area contributed by atoms with Crippen LogP contribution in [0.5, 0.6) is 0 Å². The molecule has 0 radical (unpaired) electrons. The Morgan fingerprint density at radius 2 is 1.94 bits per heavy atom. The molecule has 2 rings (SSSR count). The molecule has 0 saturated carbocycles. The van der Waals surface area contributed by atoms with Crippen molar-refractivity contribution < 1.29 is 9.53 Å². The zero-order valence-electron chi connectivity index (χ0n) is 11.1. The van der Waals surface area contributed by atoms with Crippen LogP contribution in [0.4, 0.5) is 0 Å². The molecular weight excluding hydrogens is 294 g/mol. The van der Waals surface area contributed by atoms with Crippen LogP contribution in [0.25, 0.3) is 10.9 Å². The Kier molecular flexibility index (Phi) is 4.96. The summed E-state index contributed by atoms with van der Waals surface area (Å²) < 4.78 is 7.79. The van der Waals surface area contributed by atoms with Gasteiger partial charge in [-0.3, -0.25) is 4.79 Å². The third kappa shape index (κ3) is 4.53. The molecule has 2 aromatic rings. The number of carbonyl (C=O) groups excluding carboxylic acids is 1. The molecule has 0 atom stereocenters. The topological polar surface area (TPSA) is 31.2 Å². The van der Waals surface area contributed by atoms with Crippen molar-refractivity contribution in [2.75, 3.05) is 0 Å². The van der Waals surface area contributed by atoms with Crippen LogP contribution in [0.3, 0.4) is 0 Å². The molecule has 0 N–H and O–H groups in total. The fourth-order valence-electron chi connectivity index (χ4n) is 1.38. The van der Waals surface area contributed by atoms with Crippen molar-refractivity contribution in [3.8, 4) is 0 Å². The Hall–Kier alpha value is -1.29. The number of benzene rings is 1. The number of ether oxygens (including phenoxy) is 1.